The van der Waals surface area contributed by atoms with Gasteiger partial charge in [-0.2, -0.15) is 0 Å². The summed E-state index contributed by atoms with van der Waals surface area (Å²) < 4.78 is 86.7. The highest BCUT2D eigenvalue weighted by Crippen LogP contribution is 2.38. The summed E-state index contributed by atoms with van der Waals surface area (Å²) in [5.41, 5.74) is -0.226. The van der Waals surface area contributed by atoms with Crippen LogP contribution in [0.3, 0.4) is 0 Å². The van der Waals surface area contributed by atoms with Crippen LogP contribution in [0.25, 0.3) is 0 Å². The molecule has 2 N–H and O–H groups in total. The zero-order valence-corrected chi connectivity index (χ0v) is 21.5. The third-order valence-corrected chi connectivity index (χ3v) is 6.47. The first-order valence-electron chi connectivity index (χ1n) is 11.6. The van der Waals surface area contributed by atoms with Gasteiger partial charge in [0.05, 0.1) is 11.2 Å². The largest absolute Gasteiger partial charge is 0.573 e. The minimum Gasteiger partial charge on any atom is -0.406 e. The monoisotopic (exact) mass is 581 g/mol. The Bertz CT molecular complexity index is 1400. The van der Waals surface area contributed by atoms with Gasteiger partial charge in [-0.1, -0.05) is 54.6 Å². The Balaban J connectivity index is 1.89. The average molecular weight is 582 g/mol. The number of carbonyl (C=O) groups is 1. The fourth-order valence-electron chi connectivity index (χ4n) is 4.11. The van der Waals surface area contributed by atoms with Crippen LogP contribution < -0.4 is 20.1 Å². The summed E-state index contributed by atoms with van der Waals surface area (Å²) in [7, 11) is 0. The third kappa shape index (κ3) is 7.65. The Hall–Kier alpha value is -4.26. The highest BCUT2D eigenvalue weighted by molar-refractivity contribution is 7.13. The number of carbonyl (C=O) groups excluding carboxylic acids is 1. The molecule has 0 atom stereocenters. The van der Waals surface area contributed by atoms with Crippen molar-refractivity contribution in [3.05, 3.63) is 107 Å². The summed E-state index contributed by atoms with van der Waals surface area (Å²) in [6.07, 6.45) is -10.1. The molecule has 0 radical (unpaired) electrons. The number of nitrogens with zero attached hydrogens (tertiary/aromatic N) is 1. The lowest BCUT2D eigenvalue weighted by atomic mass is 9.77. The number of hydrogen-bond acceptors (Lipinski definition) is 5. The molecule has 0 fully saturated rings. The molecule has 0 aliphatic carbocycles. The quantitative estimate of drug-likeness (QED) is 0.211. The van der Waals surface area contributed by atoms with Crippen LogP contribution in [0.1, 0.15) is 22.4 Å². The van der Waals surface area contributed by atoms with Gasteiger partial charge in [-0.25, -0.2) is 9.78 Å². The van der Waals surface area contributed by atoms with Gasteiger partial charge in [0.15, 0.2) is 5.13 Å². The molecule has 0 saturated carbocycles. The third-order valence-electron chi connectivity index (χ3n) is 5.60. The number of anilines is 1. The van der Waals surface area contributed by atoms with Crippen molar-refractivity contribution in [3.8, 4) is 11.5 Å². The predicted molar refractivity (Wildman–Crippen MR) is 136 cm³/mol. The van der Waals surface area contributed by atoms with E-state index in [0.717, 1.165) is 35.6 Å². The second-order valence-corrected chi connectivity index (χ2v) is 9.45. The lowest BCUT2D eigenvalue weighted by Crippen LogP contribution is -2.50. The van der Waals surface area contributed by atoms with Crippen molar-refractivity contribution in [2.45, 2.75) is 31.6 Å². The molecule has 6 nitrogen and oxygen atoms in total. The van der Waals surface area contributed by atoms with Crippen LogP contribution in [0.5, 0.6) is 11.5 Å². The first-order valence-corrected chi connectivity index (χ1v) is 12.5. The number of ether oxygens (including phenoxy) is 2. The van der Waals surface area contributed by atoms with Gasteiger partial charge in [0.1, 0.15) is 11.5 Å². The smallest absolute Gasteiger partial charge is 0.406 e. The van der Waals surface area contributed by atoms with Crippen LogP contribution in [0, 0.1) is 6.92 Å². The maximum atomic E-state index is 13.3. The maximum absolute atomic E-state index is 13.3. The predicted octanol–water partition coefficient (Wildman–Crippen LogP) is 7.56. The summed E-state index contributed by atoms with van der Waals surface area (Å²) >= 11 is 1.14. The van der Waals surface area contributed by atoms with Crippen molar-refractivity contribution in [1.82, 2.24) is 10.3 Å². The molecule has 4 aromatic rings. The molecule has 1 heterocycles. The molecular weight excluding hydrogens is 560 g/mol. The Labute approximate surface area is 228 Å². The summed E-state index contributed by atoms with van der Waals surface area (Å²) in [5.74, 6) is -1.16. The number of nitrogens with one attached hydrogen (secondary N) is 2. The van der Waals surface area contributed by atoms with Crippen molar-refractivity contribution in [2.24, 2.45) is 0 Å². The molecule has 4 rings (SSSR count). The van der Waals surface area contributed by atoms with Gasteiger partial charge in [-0.05, 0) is 47.9 Å². The van der Waals surface area contributed by atoms with Crippen LogP contribution in [0.2, 0.25) is 0 Å². The SMILES string of the molecule is Cc1csc(NC(=O)NC(Cc2ccccc2)(c2cccc(OC(F)(F)F)c2)c2cccc(OC(F)(F)F)c2)n1. The number of alkyl halides is 6. The maximum Gasteiger partial charge on any atom is 0.573 e. The van der Waals surface area contributed by atoms with Gasteiger partial charge in [0.25, 0.3) is 0 Å². The fourth-order valence-corrected chi connectivity index (χ4v) is 4.80. The molecular formula is C27H21F6N3O3S. The number of aromatic nitrogens is 1. The molecule has 0 spiro atoms. The van der Waals surface area contributed by atoms with Gasteiger partial charge in [-0.15, -0.1) is 37.7 Å². The van der Waals surface area contributed by atoms with E-state index in [-0.39, 0.29) is 22.7 Å². The van der Waals surface area contributed by atoms with Crippen molar-refractivity contribution >= 4 is 22.5 Å². The highest BCUT2D eigenvalue weighted by Gasteiger charge is 2.39. The topological polar surface area (TPSA) is 72.5 Å². The average Bonchev–Trinajstić information content (AvgIpc) is 3.26. The molecule has 0 bridgehead atoms. The Kier molecular flexibility index (Phi) is 8.24. The van der Waals surface area contributed by atoms with E-state index in [2.05, 4.69) is 25.1 Å². The standard InChI is InChI=1S/C27H21F6N3O3S/c1-17-16-40-24(34-17)35-23(37)36-25(15-18-7-3-2-4-8-18,19-9-5-11-21(13-19)38-26(28,29)30)20-10-6-12-22(14-20)39-27(31,32)33/h2-14,16H,15H2,1H3,(H2,34,35,36,37). The van der Waals surface area contributed by atoms with Gasteiger partial charge in [0.2, 0.25) is 0 Å². The lowest BCUT2D eigenvalue weighted by molar-refractivity contribution is -0.275. The molecule has 0 unspecified atom stereocenters. The minimum absolute atomic E-state index is 0.0664. The van der Waals surface area contributed by atoms with E-state index in [1.807, 2.05) is 0 Å². The van der Waals surface area contributed by atoms with E-state index in [1.165, 1.54) is 24.3 Å². The zero-order valence-electron chi connectivity index (χ0n) is 20.6. The van der Waals surface area contributed by atoms with Crippen LogP contribution in [0.4, 0.5) is 36.3 Å². The summed E-state index contributed by atoms with van der Waals surface area (Å²) in [4.78, 5) is 17.5. The first-order chi connectivity index (χ1) is 18.8. The first kappa shape index (κ1) is 28.7. The van der Waals surface area contributed by atoms with E-state index in [1.54, 1.807) is 42.6 Å². The number of thiazole rings is 1. The van der Waals surface area contributed by atoms with E-state index in [4.69, 9.17) is 0 Å². The van der Waals surface area contributed by atoms with Crippen molar-refractivity contribution in [3.63, 3.8) is 0 Å². The minimum atomic E-state index is -5.01. The lowest BCUT2D eigenvalue weighted by Gasteiger charge is -2.37. The van der Waals surface area contributed by atoms with Gasteiger partial charge in [-0.3, -0.25) is 5.32 Å². The summed E-state index contributed by atoms with van der Waals surface area (Å²) in [5, 5.41) is 7.32. The molecule has 1 aromatic heterocycles. The Morgan fingerprint density at radius 3 is 1.85 bits per heavy atom. The number of rotatable bonds is 8. The second-order valence-electron chi connectivity index (χ2n) is 8.59. The summed E-state index contributed by atoms with van der Waals surface area (Å²) in [6, 6.07) is 17.5. The van der Waals surface area contributed by atoms with Crippen molar-refractivity contribution < 1.29 is 40.6 Å². The van der Waals surface area contributed by atoms with Crippen molar-refractivity contribution in [2.75, 3.05) is 5.32 Å². The van der Waals surface area contributed by atoms with Crippen LogP contribution in [-0.2, 0) is 12.0 Å². The number of amides is 2. The second kappa shape index (κ2) is 11.5. The molecule has 0 aliphatic rings. The van der Waals surface area contributed by atoms with E-state index >= 15 is 0 Å². The van der Waals surface area contributed by atoms with Crippen molar-refractivity contribution in [1.29, 1.82) is 0 Å². The molecule has 0 saturated heterocycles. The number of benzene rings is 3. The molecule has 13 heteroatoms. The van der Waals surface area contributed by atoms with E-state index < -0.39 is 35.8 Å². The van der Waals surface area contributed by atoms with E-state index in [9.17, 15) is 31.1 Å². The zero-order chi connectivity index (χ0) is 29.0. The Morgan fingerprint density at radius 1 is 0.825 bits per heavy atom. The molecule has 3 aromatic carbocycles. The molecule has 0 aliphatic heterocycles. The van der Waals surface area contributed by atoms with Crippen LogP contribution in [0.15, 0.2) is 84.2 Å². The number of halogens is 6. The van der Waals surface area contributed by atoms with Gasteiger partial charge >= 0.3 is 18.8 Å². The van der Waals surface area contributed by atoms with Crippen LogP contribution >= 0.6 is 11.3 Å². The van der Waals surface area contributed by atoms with E-state index in [0.29, 0.717) is 11.3 Å². The molecule has 2 amide bonds. The number of hydrogen-bond donors (Lipinski definition) is 2. The van der Waals surface area contributed by atoms with Crippen LogP contribution in [-0.4, -0.2) is 23.7 Å². The molecule has 210 valence electrons. The summed E-state index contributed by atoms with van der Waals surface area (Å²) in [6.45, 7) is 1.72. The number of urea groups is 1. The normalized spacial score (nSPS) is 12.1. The Morgan fingerprint density at radius 2 is 1.38 bits per heavy atom. The molecule has 40 heavy (non-hydrogen) atoms. The van der Waals surface area contributed by atoms with Gasteiger partial charge in [0, 0.05) is 11.8 Å². The highest BCUT2D eigenvalue weighted by atomic mass is 32.1. The number of aryl methyl sites for hydroxylation is 1. The van der Waals surface area contributed by atoms with Gasteiger partial charge < -0.3 is 14.8 Å². The fraction of sp³-hybridized carbons (Fsp3) is 0.185.